The molecule has 2 aromatic carbocycles. The second-order valence-corrected chi connectivity index (χ2v) is 8.71. The number of fused-ring (bicyclic) bond motifs is 1. The van der Waals surface area contributed by atoms with Crippen molar-refractivity contribution in [3.63, 3.8) is 0 Å². The van der Waals surface area contributed by atoms with E-state index in [-0.39, 0.29) is 34.6 Å². The molecular weight excluding hydrogens is 450 g/mol. The number of aromatic nitrogens is 2. The first-order chi connectivity index (χ1) is 16.1. The van der Waals surface area contributed by atoms with Crippen LogP contribution in [0.15, 0.2) is 42.5 Å². The molecule has 5 nitrogen and oxygen atoms in total. The van der Waals surface area contributed by atoms with Crippen molar-refractivity contribution in [3.8, 4) is 0 Å². The number of carbonyl (C=O) groups excluding carboxylic acids is 2. The normalized spacial score (nSPS) is 15.7. The Balaban J connectivity index is 1.31. The highest BCUT2D eigenvalue weighted by Crippen LogP contribution is 2.32. The summed E-state index contributed by atoms with van der Waals surface area (Å²) in [5.41, 5.74) is 0.349. The standard InChI is InChI=1S/C25H25F4N3O2/c1-31-21-9-6-18(25(27,28)29)15-20(21)30-24(31)23(34)17-10-13-32(14-11-17)12-2-3-22(33)16-4-7-19(26)8-5-16/h4-9,15,17H,2-3,10-14H2,1H3. The van der Waals surface area contributed by atoms with Crippen LogP contribution in [0.3, 0.4) is 0 Å². The van der Waals surface area contributed by atoms with E-state index in [2.05, 4.69) is 9.88 Å². The molecule has 1 fully saturated rings. The predicted molar refractivity (Wildman–Crippen MR) is 119 cm³/mol. The van der Waals surface area contributed by atoms with Gasteiger partial charge in [0.1, 0.15) is 5.82 Å². The van der Waals surface area contributed by atoms with Crippen LogP contribution >= 0.6 is 0 Å². The molecule has 1 saturated heterocycles. The number of likely N-dealkylation sites (tertiary alicyclic amines) is 1. The summed E-state index contributed by atoms with van der Waals surface area (Å²) in [6.07, 6.45) is -2.18. The van der Waals surface area contributed by atoms with Crippen LogP contribution in [-0.4, -0.2) is 45.7 Å². The molecule has 0 N–H and O–H groups in total. The smallest absolute Gasteiger partial charge is 0.325 e. The fraction of sp³-hybridized carbons (Fsp3) is 0.400. The lowest BCUT2D eigenvalue weighted by molar-refractivity contribution is -0.137. The zero-order valence-corrected chi connectivity index (χ0v) is 18.7. The summed E-state index contributed by atoms with van der Waals surface area (Å²) in [5, 5.41) is 0. The number of rotatable bonds is 7. The van der Waals surface area contributed by atoms with Crippen molar-refractivity contribution >= 4 is 22.6 Å². The van der Waals surface area contributed by atoms with Crippen molar-refractivity contribution in [3.05, 3.63) is 65.2 Å². The second-order valence-electron chi connectivity index (χ2n) is 8.71. The maximum Gasteiger partial charge on any atom is 0.416 e. The van der Waals surface area contributed by atoms with Crippen molar-refractivity contribution < 1.29 is 27.2 Å². The summed E-state index contributed by atoms with van der Waals surface area (Å²) < 4.78 is 53.6. The summed E-state index contributed by atoms with van der Waals surface area (Å²) in [7, 11) is 1.64. The van der Waals surface area contributed by atoms with E-state index in [0.29, 0.717) is 49.9 Å². The van der Waals surface area contributed by atoms with Crippen molar-refractivity contribution in [2.24, 2.45) is 13.0 Å². The van der Waals surface area contributed by atoms with Crippen LogP contribution in [0.1, 0.15) is 52.2 Å². The third-order valence-corrected chi connectivity index (χ3v) is 6.43. The second kappa shape index (κ2) is 9.66. The number of Topliss-reactive ketones (excluding diaryl/α,β-unsaturated/α-hetero) is 2. The molecule has 34 heavy (non-hydrogen) atoms. The van der Waals surface area contributed by atoms with Crippen LogP contribution in [0, 0.1) is 11.7 Å². The highest BCUT2D eigenvalue weighted by atomic mass is 19.4. The maximum atomic E-state index is 13.1. The molecular formula is C25H25F4N3O2. The highest BCUT2D eigenvalue weighted by Gasteiger charge is 2.32. The molecule has 1 aliphatic heterocycles. The van der Waals surface area contributed by atoms with Crippen LogP contribution in [0.5, 0.6) is 0 Å². The number of alkyl halides is 3. The molecule has 0 spiro atoms. The molecule has 1 aromatic heterocycles. The van der Waals surface area contributed by atoms with Gasteiger partial charge in [-0.2, -0.15) is 13.2 Å². The summed E-state index contributed by atoms with van der Waals surface area (Å²) in [5.74, 6) is -0.620. The number of halogens is 4. The van der Waals surface area contributed by atoms with Gasteiger partial charge in [0.25, 0.3) is 0 Å². The Morgan fingerprint density at radius 3 is 2.38 bits per heavy atom. The first kappa shape index (κ1) is 24.1. The number of hydrogen-bond donors (Lipinski definition) is 0. The zero-order valence-electron chi connectivity index (χ0n) is 18.7. The Morgan fingerprint density at radius 2 is 1.74 bits per heavy atom. The minimum absolute atomic E-state index is 0.0272. The van der Waals surface area contributed by atoms with Gasteiger partial charge in [-0.1, -0.05) is 0 Å². The average molecular weight is 475 g/mol. The van der Waals surface area contributed by atoms with Crippen LogP contribution < -0.4 is 0 Å². The van der Waals surface area contributed by atoms with E-state index in [4.69, 9.17) is 0 Å². The molecule has 2 heterocycles. The maximum absolute atomic E-state index is 13.1. The Bertz CT molecular complexity index is 1190. The fourth-order valence-electron chi connectivity index (χ4n) is 4.44. The van der Waals surface area contributed by atoms with E-state index in [9.17, 15) is 27.2 Å². The van der Waals surface area contributed by atoms with Gasteiger partial charge in [0.05, 0.1) is 16.6 Å². The number of ketones is 2. The lowest BCUT2D eigenvalue weighted by atomic mass is 9.92. The molecule has 0 atom stereocenters. The number of imidazole rings is 1. The predicted octanol–water partition coefficient (Wildman–Crippen LogP) is 5.29. The molecule has 0 aliphatic carbocycles. The van der Waals surface area contributed by atoms with Crippen LogP contribution in [0.25, 0.3) is 11.0 Å². The van der Waals surface area contributed by atoms with Gasteiger partial charge in [0, 0.05) is 24.9 Å². The Kier molecular flexibility index (Phi) is 6.84. The van der Waals surface area contributed by atoms with Gasteiger partial charge < -0.3 is 9.47 Å². The lowest BCUT2D eigenvalue weighted by Gasteiger charge is -2.31. The molecule has 4 rings (SSSR count). The molecule has 0 amide bonds. The van der Waals surface area contributed by atoms with Crippen molar-refractivity contribution in [2.75, 3.05) is 19.6 Å². The van der Waals surface area contributed by atoms with Gasteiger partial charge >= 0.3 is 6.18 Å². The molecule has 3 aromatic rings. The average Bonchev–Trinajstić information content (AvgIpc) is 3.14. The minimum Gasteiger partial charge on any atom is -0.325 e. The summed E-state index contributed by atoms with van der Waals surface area (Å²) >= 11 is 0. The monoisotopic (exact) mass is 475 g/mol. The minimum atomic E-state index is -4.47. The van der Waals surface area contributed by atoms with Gasteiger partial charge in [-0.3, -0.25) is 9.59 Å². The highest BCUT2D eigenvalue weighted by molar-refractivity contribution is 5.98. The lowest BCUT2D eigenvalue weighted by Crippen LogP contribution is -2.37. The quantitative estimate of drug-likeness (QED) is 0.344. The number of benzene rings is 2. The van der Waals surface area contributed by atoms with E-state index in [0.717, 1.165) is 18.7 Å². The topological polar surface area (TPSA) is 55.2 Å². The molecule has 0 bridgehead atoms. The molecule has 180 valence electrons. The Morgan fingerprint density at radius 1 is 1.06 bits per heavy atom. The molecule has 0 saturated carbocycles. The Hall–Kier alpha value is -3.07. The first-order valence-corrected chi connectivity index (χ1v) is 11.2. The van der Waals surface area contributed by atoms with E-state index in [1.807, 2.05) is 0 Å². The number of piperidine rings is 1. The third-order valence-electron chi connectivity index (χ3n) is 6.43. The first-order valence-electron chi connectivity index (χ1n) is 11.2. The van der Waals surface area contributed by atoms with Gasteiger partial charge in [-0.25, -0.2) is 9.37 Å². The van der Waals surface area contributed by atoms with Gasteiger partial charge in [-0.15, -0.1) is 0 Å². The Labute approximate surface area is 194 Å². The van der Waals surface area contributed by atoms with Gasteiger partial charge in [0.2, 0.25) is 5.78 Å². The summed E-state index contributed by atoms with van der Waals surface area (Å²) in [6, 6.07) is 8.83. The third kappa shape index (κ3) is 5.19. The van der Waals surface area contributed by atoms with Crippen LogP contribution in [0.4, 0.5) is 17.6 Å². The van der Waals surface area contributed by atoms with Gasteiger partial charge in [0.15, 0.2) is 11.6 Å². The molecule has 0 unspecified atom stereocenters. The zero-order chi connectivity index (χ0) is 24.5. The van der Waals surface area contributed by atoms with Crippen molar-refractivity contribution in [1.82, 2.24) is 14.5 Å². The largest absolute Gasteiger partial charge is 0.416 e. The van der Waals surface area contributed by atoms with E-state index >= 15 is 0 Å². The summed E-state index contributed by atoms with van der Waals surface area (Å²) in [6.45, 7) is 2.12. The van der Waals surface area contributed by atoms with Crippen molar-refractivity contribution in [1.29, 1.82) is 0 Å². The van der Waals surface area contributed by atoms with E-state index in [1.54, 1.807) is 11.6 Å². The number of hydrogen-bond acceptors (Lipinski definition) is 4. The van der Waals surface area contributed by atoms with E-state index in [1.165, 1.54) is 30.3 Å². The van der Waals surface area contributed by atoms with Crippen LogP contribution in [0.2, 0.25) is 0 Å². The SMILES string of the molecule is Cn1c(C(=O)C2CCN(CCCC(=O)c3ccc(F)cc3)CC2)nc2cc(C(F)(F)F)ccc21. The van der Waals surface area contributed by atoms with Crippen LogP contribution in [-0.2, 0) is 13.2 Å². The number of nitrogens with zero attached hydrogens (tertiary/aromatic N) is 3. The molecule has 1 aliphatic rings. The number of carbonyl (C=O) groups is 2. The van der Waals surface area contributed by atoms with E-state index < -0.39 is 11.7 Å². The molecule has 0 radical (unpaired) electrons. The van der Waals surface area contributed by atoms with Crippen molar-refractivity contribution in [2.45, 2.75) is 31.9 Å². The fourth-order valence-corrected chi connectivity index (χ4v) is 4.44. The summed E-state index contributed by atoms with van der Waals surface area (Å²) in [4.78, 5) is 31.7. The molecule has 9 heteroatoms. The van der Waals surface area contributed by atoms with Gasteiger partial charge in [-0.05, 0) is 81.4 Å². The number of aryl methyl sites for hydroxylation is 1.